The number of nitrogens with zero attached hydrogens (tertiary/aromatic N) is 2. The Labute approximate surface area is 123 Å². The lowest BCUT2D eigenvalue weighted by atomic mass is 10.1. The second-order valence-corrected chi connectivity index (χ2v) is 6.08. The van der Waals surface area contributed by atoms with E-state index in [-0.39, 0.29) is 10.8 Å². The van der Waals surface area contributed by atoms with Crippen molar-refractivity contribution in [3.63, 3.8) is 0 Å². The molecule has 1 aromatic carbocycles. The van der Waals surface area contributed by atoms with Gasteiger partial charge in [-0.15, -0.1) is 0 Å². The van der Waals surface area contributed by atoms with Crippen molar-refractivity contribution >= 4 is 21.7 Å². The van der Waals surface area contributed by atoms with Crippen molar-refractivity contribution in [1.82, 2.24) is 9.97 Å². The summed E-state index contributed by atoms with van der Waals surface area (Å²) in [5.74, 6) is 5.30. The lowest BCUT2D eigenvalue weighted by Crippen LogP contribution is -2.16. The van der Waals surface area contributed by atoms with Gasteiger partial charge in [0, 0.05) is 0 Å². The Morgan fingerprint density at radius 1 is 1.19 bits per heavy atom. The molecule has 0 spiro atoms. The van der Waals surface area contributed by atoms with Gasteiger partial charge in [0.2, 0.25) is 5.95 Å². The van der Waals surface area contributed by atoms with Gasteiger partial charge >= 0.3 is 0 Å². The molecule has 21 heavy (non-hydrogen) atoms. The van der Waals surface area contributed by atoms with Crippen molar-refractivity contribution in [3.05, 3.63) is 42.2 Å². The summed E-state index contributed by atoms with van der Waals surface area (Å²) in [6.07, 6.45) is 4.13. The molecule has 0 aliphatic heterocycles. The van der Waals surface area contributed by atoms with Crippen LogP contribution in [0.4, 0.5) is 11.6 Å². The molecule has 1 aromatic heterocycles. The number of nitrogens with two attached hydrogens (primary N) is 1. The number of nitrogen functional groups attached to an aromatic ring is 1. The van der Waals surface area contributed by atoms with Crippen molar-refractivity contribution < 1.29 is 8.42 Å². The van der Waals surface area contributed by atoms with Gasteiger partial charge in [0.05, 0.1) is 18.1 Å². The highest BCUT2D eigenvalue weighted by Crippen LogP contribution is 2.20. The van der Waals surface area contributed by atoms with E-state index in [1.165, 1.54) is 12.4 Å². The molecular formula is C13H17N5O2S. The van der Waals surface area contributed by atoms with E-state index < -0.39 is 10.0 Å². The molecule has 0 fully saturated rings. The monoisotopic (exact) mass is 307 g/mol. The summed E-state index contributed by atoms with van der Waals surface area (Å²) in [6, 6.07) is 7.31. The summed E-state index contributed by atoms with van der Waals surface area (Å²) < 4.78 is 27.2. The van der Waals surface area contributed by atoms with Gasteiger partial charge in [-0.3, -0.25) is 10.1 Å². The zero-order chi connectivity index (χ0) is 15.3. The van der Waals surface area contributed by atoms with Gasteiger partial charge < -0.3 is 0 Å². The Balaban J connectivity index is 2.28. The second kappa shape index (κ2) is 6.51. The van der Waals surface area contributed by atoms with Crippen LogP contribution in [0.2, 0.25) is 0 Å². The Morgan fingerprint density at radius 3 is 2.48 bits per heavy atom. The van der Waals surface area contributed by atoms with E-state index in [1.54, 1.807) is 12.1 Å². The molecule has 0 unspecified atom stereocenters. The quantitative estimate of drug-likeness (QED) is 0.551. The molecule has 7 nitrogen and oxygen atoms in total. The summed E-state index contributed by atoms with van der Waals surface area (Å²) in [4.78, 5) is 7.57. The first-order valence-corrected chi connectivity index (χ1v) is 7.94. The van der Waals surface area contributed by atoms with E-state index in [0.29, 0.717) is 5.69 Å². The number of sulfonamides is 1. The minimum absolute atomic E-state index is 0.0206. The molecule has 0 radical (unpaired) electrons. The lowest BCUT2D eigenvalue weighted by molar-refractivity contribution is 0.600. The second-order valence-electron chi connectivity index (χ2n) is 4.40. The van der Waals surface area contributed by atoms with Gasteiger partial charge in [-0.1, -0.05) is 31.5 Å². The third-order valence-electron chi connectivity index (χ3n) is 2.85. The fourth-order valence-corrected chi connectivity index (χ4v) is 2.83. The molecule has 0 atom stereocenters. The molecule has 0 saturated heterocycles. The molecular weight excluding hydrogens is 290 g/mol. The van der Waals surface area contributed by atoms with E-state index in [2.05, 4.69) is 20.1 Å². The van der Waals surface area contributed by atoms with E-state index in [1.807, 2.05) is 19.1 Å². The van der Waals surface area contributed by atoms with E-state index >= 15 is 0 Å². The summed E-state index contributed by atoms with van der Waals surface area (Å²) in [5.41, 5.74) is 3.76. The summed E-state index contributed by atoms with van der Waals surface area (Å²) in [6.45, 7) is 2.04. The smallest absolute Gasteiger partial charge is 0.264 e. The standard InChI is InChI=1S/C13H17N5O2S/c1-2-5-10-6-3-4-7-12(10)18-21(19,20)11-8-15-13(17-14)16-9-11/h3-4,6-9,18H,2,5,14H2,1H3,(H,15,16,17). The Bertz CT molecular complexity index is 701. The number of aryl methyl sites for hydroxylation is 1. The Hall–Kier alpha value is -2.19. The summed E-state index contributed by atoms with van der Waals surface area (Å²) in [7, 11) is -3.72. The predicted molar refractivity (Wildman–Crippen MR) is 81.1 cm³/mol. The maximum Gasteiger partial charge on any atom is 0.264 e. The van der Waals surface area contributed by atoms with Crippen LogP contribution in [0, 0.1) is 0 Å². The molecule has 0 amide bonds. The van der Waals surface area contributed by atoms with Crippen LogP contribution in [0.5, 0.6) is 0 Å². The first-order valence-electron chi connectivity index (χ1n) is 6.46. The number of hydrogen-bond acceptors (Lipinski definition) is 6. The van der Waals surface area contributed by atoms with Crippen LogP contribution in [-0.2, 0) is 16.4 Å². The molecule has 0 aliphatic rings. The highest BCUT2D eigenvalue weighted by atomic mass is 32.2. The van der Waals surface area contributed by atoms with Crippen molar-refractivity contribution in [1.29, 1.82) is 0 Å². The SMILES string of the molecule is CCCc1ccccc1NS(=O)(=O)c1cnc(NN)nc1. The van der Waals surface area contributed by atoms with Gasteiger partial charge in [-0.25, -0.2) is 24.2 Å². The molecule has 0 bridgehead atoms. The largest absolute Gasteiger partial charge is 0.292 e. The number of benzene rings is 1. The molecule has 0 saturated carbocycles. The van der Waals surface area contributed by atoms with Crippen molar-refractivity contribution in [2.24, 2.45) is 5.84 Å². The highest BCUT2D eigenvalue weighted by Gasteiger charge is 2.16. The molecule has 0 aliphatic carbocycles. The van der Waals surface area contributed by atoms with Crippen molar-refractivity contribution in [2.75, 3.05) is 10.1 Å². The zero-order valence-electron chi connectivity index (χ0n) is 11.6. The minimum Gasteiger partial charge on any atom is -0.292 e. The Kier molecular flexibility index (Phi) is 4.71. The van der Waals surface area contributed by atoms with Gasteiger partial charge in [-0.2, -0.15) is 0 Å². The van der Waals surface area contributed by atoms with E-state index in [4.69, 9.17) is 5.84 Å². The third kappa shape index (κ3) is 3.67. The number of nitrogens with one attached hydrogen (secondary N) is 2. The number of hydrazine groups is 1. The first-order chi connectivity index (χ1) is 10.1. The van der Waals surface area contributed by atoms with Crippen LogP contribution >= 0.6 is 0 Å². The molecule has 112 valence electrons. The average molecular weight is 307 g/mol. The van der Waals surface area contributed by atoms with Gasteiger partial charge in [0.15, 0.2) is 0 Å². The number of hydrogen-bond donors (Lipinski definition) is 3. The summed E-state index contributed by atoms with van der Waals surface area (Å²) in [5, 5.41) is 0. The van der Waals surface area contributed by atoms with E-state index in [9.17, 15) is 8.42 Å². The van der Waals surface area contributed by atoms with Crippen LogP contribution in [-0.4, -0.2) is 18.4 Å². The van der Waals surface area contributed by atoms with Crippen LogP contribution < -0.4 is 16.0 Å². The Morgan fingerprint density at radius 2 is 1.86 bits per heavy atom. The maximum absolute atomic E-state index is 12.3. The van der Waals surface area contributed by atoms with Crippen LogP contribution in [0.1, 0.15) is 18.9 Å². The summed E-state index contributed by atoms with van der Waals surface area (Å²) >= 11 is 0. The number of para-hydroxylation sites is 1. The molecule has 8 heteroatoms. The maximum atomic E-state index is 12.3. The van der Waals surface area contributed by atoms with Gasteiger partial charge in [0.1, 0.15) is 4.90 Å². The van der Waals surface area contributed by atoms with Gasteiger partial charge in [0.25, 0.3) is 10.0 Å². The topological polar surface area (TPSA) is 110 Å². The zero-order valence-corrected chi connectivity index (χ0v) is 12.4. The van der Waals surface area contributed by atoms with Crippen LogP contribution in [0.25, 0.3) is 0 Å². The predicted octanol–water partition coefficient (Wildman–Crippen LogP) is 1.52. The van der Waals surface area contributed by atoms with Crippen LogP contribution in [0.15, 0.2) is 41.6 Å². The van der Waals surface area contributed by atoms with Crippen LogP contribution in [0.3, 0.4) is 0 Å². The average Bonchev–Trinajstić information content (AvgIpc) is 2.49. The van der Waals surface area contributed by atoms with Crippen molar-refractivity contribution in [3.8, 4) is 0 Å². The number of aromatic nitrogens is 2. The fourth-order valence-electron chi connectivity index (χ4n) is 1.84. The first kappa shape index (κ1) is 15.2. The van der Waals surface area contributed by atoms with Gasteiger partial charge in [-0.05, 0) is 18.1 Å². The van der Waals surface area contributed by atoms with Crippen molar-refractivity contribution in [2.45, 2.75) is 24.7 Å². The highest BCUT2D eigenvalue weighted by molar-refractivity contribution is 7.92. The van der Waals surface area contributed by atoms with E-state index in [0.717, 1.165) is 18.4 Å². The number of rotatable bonds is 6. The molecule has 4 N–H and O–H groups in total. The fraction of sp³-hybridized carbons (Fsp3) is 0.231. The normalized spacial score (nSPS) is 11.1. The number of anilines is 2. The third-order valence-corrected chi connectivity index (χ3v) is 4.17. The molecule has 1 heterocycles. The minimum atomic E-state index is -3.72. The molecule has 2 aromatic rings. The lowest BCUT2D eigenvalue weighted by Gasteiger charge is -2.12. The molecule has 2 rings (SSSR count).